The fourth-order valence-electron chi connectivity index (χ4n) is 2.42. The molecule has 0 amide bonds. The number of anilines is 1. The largest absolute Gasteiger partial charge is 0.477 e. The number of thiophene rings is 1. The third-order valence-corrected chi connectivity index (χ3v) is 6.17. The summed E-state index contributed by atoms with van der Waals surface area (Å²) in [4.78, 5) is 11.3. The maximum Gasteiger partial charge on any atom is 0.348 e. The van der Waals surface area contributed by atoms with Crippen molar-refractivity contribution in [2.45, 2.75) is 31.1 Å². The molecule has 0 aliphatic heterocycles. The molecule has 0 unspecified atom stereocenters. The number of carboxylic acids is 1. The fraction of sp³-hybridized carbons (Fsp3) is 0.316. The zero-order valence-electron chi connectivity index (χ0n) is 15.6. The standard InChI is InChI=1S/C19H23NO5S2/c1-19(2,3)14-7-8-16(13(12-14)6-5-10-25-4)27(23,24)20-15-9-11-26-17(15)18(21)22/h5-9,11-12,20H,10H2,1-4H3,(H,21,22)/b6-5+. The van der Waals surface area contributed by atoms with E-state index in [0.717, 1.165) is 16.9 Å². The maximum absolute atomic E-state index is 12.9. The summed E-state index contributed by atoms with van der Waals surface area (Å²) in [5.74, 6) is -1.18. The van der Waals surface area contributed by atoms with Gasteiger partial charge in [0.25, 0.3) is 10.0 Å². The molecule has 0 atom stereocenters. The van der Waals surface area contributed by atoms with Gasteiger partial charge in [-0.05, 0) is 40.1 Å². The van der Waals surface area contributed by atoms with Gasteiger partial charge < -0.3 is 9.84 Å². The Bertz CT molecular complexity index is 953. The van der Waals surface area contributed by atoms with Crippen LogP contribution in [0.25, 0.3) is 6.08 Å². The average molecular weight is 410 g/mol. The molecule has 27 heavy (non-hydrogen) atoms. The maximum atomic E-state index is 12.9. The van der Waals surface area contributed by atoms with Crippen LogP contribution in [0.1, 0.15) is 41.6 Å². The number of ether oxygens (including phenoxy) is 1. The van der Waals surface area contributed by atoms with Crippen molar-refractivity contribution in [1.29, 1.82) is 0 Å². The van der Waals surface area contributed by atoms with Crippen LogP contribution in [-0.4, -0.2) is 33.2 Å². The van der Waals surface area contributed by atoms with Crippen molar-refractivity contribution in [3.63, 3.8) is 0 Å². The van der Waals surface area contributed by atoms with Gasteiger partial charge in [-0.3, -0.25) is 4.72 Å². The summed E-state index contributed by atoms with van der Waals surface area (Å²) in [7, 11) is -2.41. The van der Waals surface area contributed by atoms with E-state index in [-0.39, 0.29) is 20.9 Å². The van der Waals surface area contributed by atoms with Gasteiger partial charge in [-0.25, -0.2) is 13.2 Å². The first-order chi connectivity index (χ1) is 12.6. The van der Waals surface area contributed by atoms with Crippen LogP contribution in [0, 0.1) is 0 Å². The van der Waals surface area contributed by atoms with E-state index < -0.39 is 16.0 Å². The number of methoxy groups -OCH3 is 1. The molecule has 2 rings (SSSR count). The highest BCUT2D eigenvalue weighted by atomic mass is 32.2. The predicted molar refractivity (Wildman–Crippen MR) is 108 cm³/mol. The number of carboxylic acid groups (broad SMARTS) is 1. The van der Waals surface area contributed by atoms with E-state index in [1.165, 1.54) is 11.4 Å². The minimum absolute atomic E-state index is 0.0543. The molecule has 0 spiro atoms. The summed E-state index contributed by atoms with van der Waals surface area (Å²) in [6.45, 7) is 6.48. The Morgan fingerprint density at radius 3 is 2.59 bits per heavy atom. The van der Waals surface area contributed by atoms with Crippen LogP contribution in [0.5, 0.6) is 0 Å². The van der Waals surface area contributed by atoms with Crippen LogP contribution >= 0.6 is 11.3 Å². The molecule has 146 valence electrons. The van der Waals surface area contributed by atoms with E-state index in [1.807, 2.05) is 26.8 Å². The average Bonchev–Trinajstić information content (AvgIpc) is 3.01. The van der Waals surface area contributed by atoms with Gasteiger partial charge in [-0.1, -0.05) is 39.0 Å². The zero-order chi connectivity index (χ0) is 20.2. The first kappa shape index (κ1) is 21.1. The smallest absolute Gasteiger partial charge is 0.348 e. The van der Waals surface area contributed by atoms with Gasteiger partial charge in [-0.2, -0.15) is 0 Å². The van der Waals surface area contributed by atoms with Crippen molar-refractivity contribution in [2.75, 3.05) is 18.4 Å². The summed E-state index contributed by atoms with van der Waals surface area (Å²) in [6.07, 6.45) is 3.42. The van der Waals surface area contributed by atoms with E-state index >= 15 is 0 Å². The highest BCUT2D eigenvalue weighted by Crippen LogP contribution is 2.30. The third-order valence-electron chi connectivity index (χ3n) is 3.83. The molecular formula is C19H23NO5S2. The second-order valence-corrected chi connectivity index (χ2v) is 9.50. The first-order valence-electron chi connectivity index (χ1n) is 8.20. The van der Waals surface area contributed by atoms with E-state index in [1.54, 1.807) is 31.4 Å². The molecule has 1 aromatic carbocycles. The minimum Gasteiger partial charge on any atom is -0.477 e. The lowest BCUT2D eigenvalue weighted by molar-refractivity contribution is 0.0703. The highest BCUT2D eigenvalue weighted by molar-refractivity contribution is 7.92. The molecule has 0 saturated heterocycles. The number of hydrogen-bond donors (Lipinski definition) is 2. The number of carbonyl (C=O) groups is 1. The zero-order valence-corrected chi connectivity index (χ0v) is 17.3. The van der Waals surface area contributed by atoms with Crippen molar-refractivity contribution in [1.82, 2.24) is 0 Å². The lowest BCUT2D eigenvalue weighted by Crippen LogP contribution is -2.17. The van der Waals surface area contributed by atoms with Crippen molar-refractivity contribution in [3.8, 4) is 0 Å². The van der Waals surface area contributed by atoms with E-state index in [0.29, 0.717) is 12.2 Å². The van der Waals surface area contributed by atoms with Crippen LogP contribution in [0.3, 0.4) is 0 Å². The van der Waals surface area contributed by atoms with Gasteiger partial charge in [-0.15, -0.1) is 11.3 Å². The quantitative estimate of drug-likeness (QED) is 0.715. The Morgan fingerprint density at radius 2 is 2.00 bits per heavy atom. The normalized spacial score (nSPS) is 12.4. The van der Waals surface area contributed by atoms with Crippen molar-refractivity contribution in [3.05, 3.63) is 51.7 Å². The first-order valence-corrected chi connectivity index (χ1v) is 10.6. The molecule has 2 aromatic rings. The lowest BCUT2D eigenvalue weighted by Gasteiger charge is -2.21. The molecular weight excluding hydrogens is 386 g/mol. The Labute approximate surface area is 163 Å². The summed E-state index contributed by atoms with van der Waals surface area (Å²) < 4.78 is 33.2. The van der Waals surface area contributed by atoms with Gasteiger partial charge >= 0.3 is 5.97 Å². The van der Waals surface area contributed by atoms with E-state index in [4.69, 9.17) is 4.74 Å². The number of aromatic carboxylic acids is 1. The summed E-state index contributed by atoms with van der Waals surface area (Å²) in [5.41, 5.74) is 1.40. The topological polar surface area (TPSA) is 92.7 Å². The molecule has 6 nitrogen and oxygen atoms in total. The second-order valence-electron chi connectivity index (χ2n) is 6.93. The Morgan fingerprint density at radius 1 is 1.30 bits per heavy atom. The second kappa shape index (κ2) is 8.24. The molecule has 1 aromatic heterocycles. The molecule has 0 bridgehead atoms. The van der Waals surface area contributed by atoms with Crippen molar-refractivity contribution >= 4 is 39.1 Å². The summed E-state index contributed by atoms with van der Waals surface area (Å²) in [5, 5.41) is 10.7. The van der Waals surface area contributed by atoms with Gasteiger partial charge in [0, 0.05) is 7.11 Å². The third kappa shape index (κ3) is 5.18. The molecule has 0 aliphatic rings. The Hall–Kier alpha value is -2.16. The van der Waals surface area contributed by atoms with E-state index in [9.17, 15) is 18.3 Å². The van der Waals surface area contributed by atoms with Gasteiger partial charge in [0.15, 0.2) is 0 Å². The van der Waals surface area contributed by atoms with Crippen LogP contribution in [0.15, 0.2) is 40.6 Å². The fourth-order valence-corrected chi connectivity index (χ4v) is 4.42. The number of benzene rings is 1. The summed E-state index contributed by atoms with van der Waals surface area (Å²) in [6, 6.07) is 6.58. The summed E-state index contributed by atoms with van der Waals surface area (Å²) >= 11 is 0.963. The Balaban J connectivity index is 2.51. The predicted octanol–water partition coefficient (Wildman–Crippen LogP) is 4.20. The molecule has 1 heterocycles. The molecule has 8 heteroatoms. The molecule has 2 N–H and O–H groups in total. The molecule has 0 fully saturated rings. The molecule has 0 saturated carbocycles. The molecule has 0 aliphatic carbocycles. The van der Waals surface area contributed by atoms with Crippen molar-refractivity contribution < 1.29 is 23.1 Å². The van der Waals surface area contributed by atoms with Crippen LogP contribution in [0.2, 0.25) is 0 Å². The number of sulfonamides is 1. The monoisotopic (exact) mass is 409 g/mol. The minimum atomic E-state index is -3.97. The van der Waals surface area contributed by atoms with Gasteiger partial charge in [0.2, 0.25) is 0 Å². The highest BCUT2D eigenvalue weighted by Gasteiger charge is 2.23. The SMILES string of the molecule is COC/C=C/c1cc(C(C)(C)C)ccc1S(=O)(=O)Nc1ccsc1C(=O)O. The van der Waals surface area contributed by atoms with Crippen LogP contribution in [0.4, 0.5) is 5.69 Å². The van der Waals surface area contributed by atoms with Crippen LogP contribution in [-0.2, 0) is 20.2 Å². The van der Waals surface area contributed by atoms with Crippen LogP contribution < -0.4 is 4.72 Å². The number of rotatable bonds is 7. The lowest BCUT2D eigenvalue weighted by atomic mass is 9.86. The number of nitrogens with one attached hydrogen (secondary N) is 1. The van der Waals surface area contributed by atoms with E-state index in [2.05, 4.69) is 4.72 Å². The number of hydrogen-bond acceptors (Lipinski definition) is 5. The van der Waals surface area contributed by atoms with Gasteiger partial charge in [0.05, 0.1) is 17.2 Å². The van der Waals surface area contributed by atoms with Crippen molar-refractivity contribution in [2.24, 2.45) is 0 Å². The molecule has 0 radical (unpaired) electrons. The Kier molecular flexibility index (Phi) is 6.46. The van der Waals surface area contributed by atoms with Gasteiger partial charge in [0.1, 0.15) is 4.88 Å².